The van der Waals surface area contributed by atoms with Crippen molar-refractivity contribution in [2.75, 3.05) is 33.3 Å². The molecule has 9 nitrogen and oxygen atoms in total. The molecule has 0 aliphatic carbocycles. The van der Waals surface area contributed by atoms with Crippen molar-refractivity contribution in [2.24, 2.45) is 0 Å². The van der Waals surface area contributed by atoms with E-state index in [1.807, 2.05) is 24.3 Å². The largest absolute Gasteiger partial charge is 0.497 e. The molecule has 0 bridgehead atoms. The van der Waals surface area contributed by atoms with Crippen LogP contribution in [0.3, 0.4) is 0 Å². The summed E-state index contributed by atoms with van der Waals surface area (Å²) in [5.74, 6) is -0.371. The lowest BCUT2D eigenvalue weighted by molar-refractivity contribution is -0.139. The number of aromatic nitrogens is 1. The lowest BCUT2D eigenvalue weighted by atomic mass is 10.00. The monoisotopic (exact) mass is 459 g/mol. The van der Waals surface area contributed by atoms with Crippen LogP contribution in [-0.2, 0) is 9.53 Å². The van der Waals surface area contributed by atoms with Crippen LogP contribution in [-0.4, -0.2) is 82.0 Å². The van der Waals surface area contributed by atoms with Gasteiger partial charge < -0.3 is 24.6 Å². The van der Waals surface area contributed by atoms with Gasteiger partial charge in [0.25, 0.3) is 0 Å². The number of amides is 1. The number of carbonyl (C=O) groups excluding carboxylic acids is 1. The summed E-state index contributed by atoms with van der Waals surface area (Å²) in [7, 11) is 1.60. The number of hydrogen-bond acceptors (Lipinski definition) is 7. The van der Waals surface area contributed by atoms with Gasteiger partial charge in [0.1, 0.15) is 17.9 Å². The van der Waals surface area contributed by atoms with Crippen molar-refractivity contribution in [1.29, 1.82) is 0 Å². The molecule has 3 rings (SSSR count). The van der Waals surface area contributed by atoms with E-state index < -0.39 is 30.3 Å². The number of hydrogen-bond donors (Lipinski definition) is 2. The average Bonchev–Trinajstić information content (AvgIpc) is 2.76. The molecule has 0 radical (unpaired) electrons. The van der Waals surface area contributed by atoms with Crippen LogP contribution in [0.1, 0.15) is 45.3 Å². The summed E-state index contributed by atoms with van der Waals surface area (Å²) in [5.41, 5.74) is 0.865. The number of ether oxygens (including phenoxy) is 2. The molecule has 2 aromatic rings. The molecule has 1 aromatic heterocycles. The Morgan fingerprint density at radius 1 is 1.24 bits per heavy atom. The van der Waals surface area contributed by atoms with Crippen molar-refractivity contribution < 1.29 is 29.3 Å². The molecule has 2 N–H and O–H groups in total. The number of piperidine rings is 1. The van der Waals surface area contributed by atoms with E-state index >= 15 is 0 Å². The molecule has 1 saturated heterocycles. The normalized spacial score (nSPS) is 16.4. The van der Waals surface area contributed by atoms with Gasteiger partial charge in [0.05, 0.1) is 18.7 Å². The fourth-order valence-electron chi connectivity index (χ4n) is 4.13. The van der Waals surface area contributed by atoms with E-state index in [0.29, 0.717) is 38.2 Å². The number of fused-ring (bicyclic) bond motifs is 1. The summed E-state index contributed by atoms with van der Waals surface area (Å²) in [4.78, 5) is 31.7. The lowest BCUT2D eigenvalue weighted by Crippen LogP contribution is -2.51. The Morgan fingerprint density at radius 3 is 2.55 bits per heavy atom. The van der Waals surface area contributed by atoms with Crippen LogP contribution in [0.25, 0.3) is 10.9 Å². The van der Waals surface area contributed by atoms with Crippen molar-refractivity contribution in [3.8, 4) is 5.75 Å². The number of methoxy groups -OCH3 is 1. The maximum atomic E-state index is 12.6. The Bertz CT molecular complexity index is 982. The molecule has 9 heteroatoms. The van der Waals surface area contributed by atoms with E-state index in [0.717, 1.165) is 16.5 Å². The summed E-state index contributed by atoms with van der Waals surface area (Å²) >= 11 is 0. The maximum Gasteiger partial charge on any atom is 0.411 e. The molecular formula is C24H33N3O6. The van der Waals surface area contributed by atoms with Crippen molar-refractivity contribution in [3.63, 3.8) is 0 Å². The molecule has 1 aromatic carbocycles. The summed E-state index contributed by atoms with van der Waals surface area (Å²) in [6.45, 7) is 6.56. The topological polar surface area (TPSA) is 112 Å². The number of pyridine rings is 1. The number of carbonyl (C=O) groups is 2. The van der Waals surface area contributed by atoms with Crippen LogP contribution in [0.4, 0.5) is 4.79 Å². The molecule has 1 unspecified atom stereocenters. The number of aliphatic hydroxyl groups excluding tert-OH is 1. The SMILES string of the molecule is COc1ccc2nccc(C(O)CN3CCC(N(CC(=O)O)C(=O)OC(C)(C)C)CC3)c2c1. The van der Waals surface area contributed by atoms with E-state index in [4.69, 9.17) is 9.47 Å². The van der Waals surface area contributed by atoms with E-state index in [-0.39, 0.29) is 6.04 Å². The molecule has 1 amide bonds. The third kappa shape index (κ3) is 6.55. The molecular weight excluding hydrogens is 426 g/mol. The zero-order valence-corrected chi connectivity index (χ0v) is 19.7. The molecule has 0 spiro atoms. The smallest absolute Gasteiger partial charge is 0.411 e. The summed E-state index contributed by atoms with van der Waals surface area (Å²) in [6, 6.07) is 7.16. The highest BCUT2D eigenvalue weighted by molar-refractivity contribution is 5.83. The van der Waals surface area contributed by atoms with Crippen LogP contribution in [0.5, 0.6) is 5.75 Å². The zero-order chi connectivity index (χ0) is 24.2. The van der Waals surface area contributed by atoms with Gasteiger partial charge in [0, 0.05) is 37.3 Å². The summed E-state index contributed by atoms with van der Waals surface area (Å²) in [5, 5.41) is 21.1. The van der Waals surface area contributed by atoms with Crippen LogP contribution >= 0.6 is 0 Å². The Morgan fingerprint density at radius 2 is 1.94 bits per heavy atom. The van der Waals surface area contributed by atoms with Gasteiger partial charge >= 0.3 is 12.1 Å². The molecule has 1 aliphatic rings. The molecule has 2 heterocycles. The summed E-state index contributed by atoms with van der Waals surface area (Å²) < 4.78 is 10.7. The zero-order valence-electron chi connectivity index (χ0n) is 19.7. The van der Waals surface area contributed by atoms with Gasteiger partial charge in [0.15, 0.2) is 0 Å². The Balaban J connectivity index is 1.65. The Kier molecular flexibility index (Phi) is 7.76. The number of carboxylic acid groups (broad SMARTS) is 1. The Labute approximate surface area is 193 Å². The van der Waals surface area contributed by atoms with E-state index in [1.165, 1.54) is 4.90 Å². The van der Waals surface area contributed by atoms with E-state index in [1.54, 1.807) is 34.1 Å². The quantitative estimate of drug-likeness (QED) is 0.650. The van der Waals surface area contributed by atoms with Gasteiger partial charge in [-0.05, 0) is 63.4 Å². The van der Waals surface area contributed by atoms with E-state index in [2.05, 4.69) is 9.88 Å². The van der Waals surface area contributed by atoms with Gasteiger partial charge in [-0.3, -0.25) is 14.7 Å². The highest BCUT2D eigenvalue weighted by Crippen LogP contribution is 2.28. The molecule has 0 saturated carbocycles. The fourth-order valence-corrected chi connectivity index (χ4v) is 4.13. The molecule has 1 aliphatic heterocycles. The van der Waals surface area contributed by atoms with E-state index in [9.17, 15) is 19.8 Å². The third-order valence-corrected chi connectivity index (χ3v) is 5.70. The van der Waals surface area contributed by atoms with Crippen molar-refractivity contribution >= 4 is 23.0 Å². The first-order chi connectivity index (χ1) is 15.6. The number of nitrogens with zero attached hydrogens (tertiary/aromatic N) is 3. The van der Waals surface area contributed by atoms with Gasteiger partial charge in [-0.2, -0.15) is 0 Å². The van der Waals surface area contributed by atoms with Crippen molar-refractivity contribution in [2.45, 2.75) is 51.4 Å². The number of carboxylic acids is 1. The second-order valence-electron chi connectivity index (χ2n) is 9.33. The maximum absolute atomic E-state index is 12.6. The van der Waals surface area contributed by atoms with Gasteiger partial charge in [0.2, 0.25) is 0 Å². The van der Waals surface area contributed by atoms with Crippen molar-refractivity contribution in [1.82, 2.24) is 14.8 Å². The first kappa shape index (κ1) is 24.7. The van der Waals surface area contributed by atoms with Crippen LogP contribution in [0, 0.1) is 0 Å². The highest BCUT2D eigenvalue weighted by Gasteiger charge is 2.33. The highest BCUT2D eigenvalue weighted by atomic mass is 16.6. The first-order valence-electron chi connectivity index (χ1n) is 11.1. The first-order valence-corrected chi connectivity index (χ1v) is 11.1. The number of aliphatic hydroxyl groups is 1. The molecule has 180 valence electrons. The number of likely N-dealkylation sites (tertiary alicyclic amines) is 1. The molecule has 1 atom stereocenters. The van der Waals surface area contributed by atoms with Gasteiger partial charge in [-0.15, -0.1) is 0 Å². The standard InChI is InChI=1S/C24H33N3O6/c1-24(2,3)33-23(31)27(15-22(29)30)16-8-11-26(12-9-16)14-21(28)18-7-10-25-20-6-5-17(32-4)13-19(18)20/h5-7,10,13,16,21,28H,8-9,11-12,14-15H2,1-4H3,(H,29,30). The third-order valence-electron chi connectivity index (χ3n) is 5.70. The second kappa shape index (κ2) is 10.4. The van der Waals surface area contributed by atoms with Crippen LogP contribution in [0.2, 0.25) is 0 Å². The number of β-amino-alcohol motifs (C(OH)–C–C–N with tert-alkyl or cyclic N) is 1. The van der Waals surface area contributed by atoms with Gasteiger partial charge in [-0.1, -0.05) is 0 Å². The van der Waals surface area contributed by atoms with Crippen LogP contribution in [0.15, 0.2) is 30.5 Å². The predicted octanol–water partition coefficient (Wildman–Crippen LogP) is 3.06. The second-order valence-corrected chi connectivity index (χ2v) is 9.33. The minimum atomic E-state index is -1.07. The van der Waals surface area contributed by atoms with Gasteiger partial charge in [-0.25, -0.2) is 4.79 Å². The average molecular weight is 460 g/mol. The number of aliphatic carboxylic acids is 1. The fraction of sp³-hybridized carbons (Fsp3) is 0.542. The number of benzene rings is 1. The summed E-state index contributed by atoms with van der Waals surface area (Å²) in [6.07, 6.45) is 1.55. The minimum absolute atomic E-state index is 0.227. The predicted molar refractivity (Wildman–Crippen MR) is 123 cm³/mol. The molecule has 33 heavy (non-hydrogen) atoms. The molecule has 1 fully saturated rings. The number of rotatable bonds is 7. The minimum Gasteiger partial charge on any atom is -0.497 e. The van der Waals surface area contributed by atoms with Crippen LogP contribution < -0.4 is 4.74 Å². The Hall–Kier alpha value is -2.91. The van der Waals surface area contributed by atoms with Crippen molar-refractivity contribution in [3.05, 3.63) is 36.0 Å². The lowest BCUT2D eigenvalue weighted by Gasteiger charge is -2.38.